The van der Waals surface area contributed by atoms with Crippen molar-refractivity contribution in [2.45, 2.75) is 32.9 Å². The van der Waals surface area contributed by atoms with Gasteiger partial charge < -0.3 is 4.90 Å². The van der Waals surface area contributed by atoms with Gasteiger partial charge in [0.15, 0.2) is 6.67 Å². The number of carbonyl (C=O) groups is 1. The van der Waals surface area contributed by atoms with Crippen molar-refractivity contribution in [3.8, 4) is 0 Å². The van der Waals surface area contributed by atoms with Crippen molar-refractivity contribution in [2.24, 2.45) is 0 Å². The smallest absolute Gasteiger partial charge is 0.254 e. The zero-order valence-corrected chi connectivity index (χ0v) is 9.16. The normalized spacial score (nSPS) is 24.4. The lowest BCUT2D eigenvalue weighted by Crippen LogP contribution is -2.55. The third-order valence-corrected chi connectivity index (χ3v) is 2.81. The second-order valence-corrected chi connectivity index (χ2v) is 4.15. The number of carbonyl (C=O) groups excluding carboxylic acids is 1. The number of halogens is 1. The van der Waals surface area contributed by atoms with Crippen molar-refractivity contribution < 1.29 is 9.18 Å². The molecule has 1 amide bonds. The van der Waals surface area contributed by atoms with Crippen LogP contribution in [-0.4, -0.2) is 54.1 Å². The van der Waals surface area contributed by atoms with Crippen LogP contribution in [0.15, 0.2) is 0 Å². The Kier molecular flexibility index (Phi) is 3.86. The van der Waals surface area contributed by atoms with E-state index in [-0.39, 0.29) is 5.91 Å². The van der Waals surface area contributed by atoms with Crippen molar-refractivity contribution in [3.63, 3.8) is 0 Å². The van der Waals surface area contributed by atoms with E-state index in [0.29, 0.717) is 25.2 Å². The van der Waals surface area contributed by atoms with Gasteiger partial charge in [0.1, 0.15) is 0 Å². The summed E-state index contributed by atoms with van der Waals surface area (Å²) in [5.41, 5.74) is 0. The minimum atomic E-state index is -0.867. The molecule has 3 nitrogen and oxygen atoms in total. The molecule has 1 atom stereocenters. The van der Waals surface area contributed by atoms with Crippen LogP contribution in [0.2, 0.25) is 0 Å². The van der Waals surface area contributed by atoms with E-state index in [1.165, 1.54) is 0 Å². The van der Waals surface area contributed by atoms with Gasteiger partial charge in [0.2, 0.25) is 0 Å². The van der Waals surface area contributed by atoms with Gasteiger partial charge in [-0.15, -0.1) is 0 Å². The van der Waals surface area contributed by atoms with E-state index < -0.39 is 6.67 Å². The van der Waals surface area contributed by atoms with Gasteiger partial charge in [-0.25, -0.2) is 4.39 Å². The van der Waals surface area contributed by atoms with Crippen molar-refractivity contribution >= 4 is 5.91 Å². The van der Waals surface area contributed by atoms with Gasteiger partial charge in [-0.2, -0.15) is 0 Å². The third-order valence-electron chi connectivity index (χ3n) is 2.81. The molecule has 0 aromatic rings. The van der Waals surface area contributed by atoms with Gasteiger partial charge in [-0.05, 0) is 20.8 Å². The number of nitrogens with zero attached hydrogens (tertiary/aromatic N) is 2. The number of alkyl halides is 1. The standard InChI is InChI=1S/C10H19FN2O/c1-8(2)13-5-4-12(7-9(13)3)10(14)6-11/h8-9H,4-7H2,1-3H3. The van der Waals surface area contributed by atoms with Gasteiger partial charge in [0, 0.05) is 31.7 Å². The lowest BCUT2D eigenvalue weighted by Gasteiger charge is -2.41. The van der Waals surface area contributed by atoms with E-state index in [2.05, 4.69) is 25.7 Å². The van der Waals surface area contributed by atoms with Crippen molar-refractivity contribution in [3.05, 3.63) is 0 Å². The maximum absolute atomic E-state index is 12.1. The molecule has 1 rings (SSSR count). The van der Waals surface area contributed by atoms with E-state index >= 15 is 0 Å². The Bertz CT molecular complexity index is 208. The Morgan fingerprint density at radius 1 is 1.50 bits per heavy atom. The Morgan fingerprint density at radius 3 is 2.57 bits per heavy atom. The predicted octanol–water partition coefficient (Wildman–Crippen LogP) is 0.897. The molecule has 1 aliphatic rings. The number of hydrogen-bond acceptors (Lipinski definition) is 2. The molecule has 4 heteroatoms. The highest BCUT2D eigenvalue weighted by atomic mass is 19.1. The molecular formula is C10H19FN2O. The molecular weight excluding hydrogens is 183 g/mol. The predicted molar refractivity (Wildman–Crippen MR) is 53.9 cm³/mol. The summed E-state index contributed by atoms with van der Waals surface area (Å²) in [5.74, 6) is -0.375. The van der Waals surface area contributed by atoms with Crippen LogP contribution in [-0.2, 0) is 4.79 Å². The van der Waals surface area contributed by atoms with Crippen LogP contribution in [0.3, 0.4) is 0 Å². The molecule has 1 fully saturated rings. The minimum absolute atomic E-state index is 0.333. The Morgan fingerprint density at radius 2 is 2.14 bits per heavy atom. The molecule has 1 saturated heterocycles. The highest BCUT2D eigenvalue weighted by Gasteiger charge is 2.27. The highest BCUT2D eigenvalue weighted by molar-refractivity contribution is 5.77. The van der Waals surface area contributed by atoms with Crippen molar-refractivity contribution in [2.75, 3.05) is 26.3 Å². The van der Waals surface area contributed by atoms with Gasteiger partial charge >= 0.3 is 0 Å². The summed E-state index contributed by atoms with van der Waals surface area (Å²) >= 11 is 0. The van der Waals surface area contributed by atoms with Gasteiger partial charge in [0.25, 0.3) is 5.91 Å². The molecule has 0 aromatic heterocycles. The molecule has 1 unspecified atom stereocenters. The van der Waals surface area contributed by atoms with Crippen LogP contribution in [0.25, 0.3) is 0 Å². The third kappa shape index (κ3) is 2.44. The van der Waals surface area contributed by atoms with Crippen LogP contribution in [0.1, 0.15) is 20.8 Å². The average molecular weight is 202 g/mol. The second kappa shape index (κ2) is 4.73. The fourth-order valence-corrected chi connectivity index (χ4v) is 2.05. The summed E-state index contributed by atoms with van der Waals surface area (Å²) in [6, 6.07) is 0.826. The summed E-state index contributed by atoms with van der Waals surface area (Å²) in [5, 5.41) is 0. The second-order valence-electron chi connectivity index (χ2n) is 4.15. The molecule has 0 aromatic carbocycles. The Labute approximate surface area is 84.9 Å². The zero-order chi connectivity index (χ0) is 10.7. The van der Waals surface area contributed by atoms with Gasteiger partial charge in [-0.1, -0.05) is 0 Å². The monoisotopic (exact) mass is 202 g/mol. The lowest BCUT2D eigenvalue weighted by atomic mass is 10.1. The van der Waals surface area contributed by atoms with Crippen molar-refractivity contribution in [1.82, 2.24) is 9.80 Å². The summed E-state index contributed by atoms with van der Waals surface area (Å²) < 4.78 is 12.1. The van der Waals surface area contributed by atoms with Crippen LogP contribution < -0.4 is 0 Å². The molecule has 0 bridgehead atoms. The van der Waals surface area contributed by atoms with Crippen LogP contribution >= 0.6 is 0 Å². The molecule has 1 aliphatic heterocycles. The largest absolute Gasteiger partial charge is 0.338 e. The molecule has 0 aliphatic carbocycles. The number of hydrogen-bond donors (Lipinski definition) is 0. The summed E-state index contributed by atoms with van der Waals surface area (Å²) in [4.78, 5) is 15.1. The first-order valence-corrected chi connectivity index (χ1v) is 5.15. The van der Waals surface area contributed by atoms with Gasteiger partial charge in [-0.3, -0.25) is 9.69 Å². The van der Waals surface area contributed by atoms with Crippen LogP contribution in [0, 0.1) is 0 Å². The van der Waals surface area contributed by atoms with Crippen LogP contribution in [0.5, 0.6) is 0 Å². The molecule has 0 spiro atoms. The minimum Gasteiger partial charge on any atom is -0.338 e. The van der Waals surface area contributed by atoms with E-state index in [1.54, 1.807) is 4.90 Å². The molecule has 0 saturated carbocycles. The highest BCUT2D eigenvalue weighted by Crippen LogP contribution is 2.12. The lowest BCUT2D eigenvalue weighted by molar-refractivity contribution is -0.135. The Hall–Kier alpha value is -0.640. The molecule has 1 heterocycles. The van der Waals surface area contributed by atoms with E-state index in [0.717, 1.165) is 6.54 Å². The zero-order valence-electron chi connectivity index (χ0n) is 9.16. The van der Waals surface area contributed by atoms with Crippen molar-refractivity contribution in [1.29, 1.82) is 0 Å². The van der Waals surface area contributed by atoms with E-state index in [4.69, 9.17) is 0 Å². The summed E-state index contributed by atoms with van der Waals surface area (Å²) in [6.07, 6.45) is 0. The number of rotatable bonds is 2. The van der Waals surface area contributed by atoms with E-state index in [9.17, 15) is 9.18 Å². The van der Waals surface area contributed by atoms with E-state index in [1.807, 2.05) is 0 Å². The first-order valence-electron chi connectivity index (χ1n) is 5.15. The molecule has 0 N–H and O–H groups in total. The average Bonchev–Trinajstić information content (AvgIpc) is 2.15. The molecule has 82 valence electrons. The quantitative estimate of drug-likeness (QED) is 0.664. The summed E-state index contributed by atoms with van der Waals surface area (Å²) in [6.45, 7) is 7.66. The number of piperazine rings is 1. The van der Waals surface area contributed by atoms with Gasteiger partial charge in [0.05, 0.1) is 0 Å². The molecule has 14 heavy (non-hydrogen) atoms. The molecule has 0 radical (unpaired) electrons. The first-order chi connectivity index (χ1) is 6.56. The van der Waals surface area contributed by atoms with Crippen LogP contribution in [0.4, 0.5) is 4.39 Å². The topological polar surface area (TPSA) is 23.6 Å². The maximum atomic E-state index is 12.1. The Balaban J connectivity index is 2.50. The number of amides is 1. The first kappa shape index (κ1) is 11.4. The maximum Gasteiger partial charge on any atom is 0.254 e. The summed E-state index contributed by atoms with van der Waals surface area (Å²) in [7, 11) is 0. The fourth-order valence-electron chi connectivity index (χ4n) is 2.05. The SMILES string of the molecule is CC(C)N1CCN(C(=O)CF)CC1C. The fraction of sp³-hybridized carbons (Fsp3) is 0.900.